The second-order valence-corrected chi connectivity index (χ2v) is 5.68. The molecule has 0 fully saturated rings. The molecule has 0 amide bonds. The van der Waals surface area contributed by atoms with Crippen LogP contribution in [0, 0.1) is 10.8 Å². The van der Waals surface area contributed by atoms with E-state index < -0.39 is 11.4 Å². The van der Waals surface area contributed by atoms with Gasteiger partial charge in [0.2, 0.25) is 0 Å². The van der Waals surface area contributed by atoms with Crippen LogP contribution in [0.25, 0.3) is 0 Å². The van der Waals surface area contributed by atoms with Crippen LogP contribution in [-0.4, -0.2) is 24.2 Å². The molecule has 0 aromatic heterocycles. The third-order valence-corrected chi connectivity index (χ3v) is 2.20. The second kappa shape index (κ2) is 4.78. The van der Waals surface area contributed by atoms with Crippen molar-refractivity contribution in [2.75, 3.05) is 13.1 Å². The lowest BCUT2D eigenvalue weighted by molar-refractivity contribution is -0.146. The van der Waals surface area contributed by atoms with Crippen LogP contribution in [0.4, 0.5) is 0 Å². The number of carboxylic acids is 1. The van der Waals surface area contributed by atoms with E-state index in [0.29, 0.717) is 12.0 Å². The van der Waals surface area contributed by atoms with Crippen LogP contribution in [0.5, 0.6) is 0 Å². The molecule has 0 unspecified atom stereocenters. The summed E-state index contributed by atoms with van der Waals surface area (Å²) in [6.45, 7) is 11.4. The lowest BCUT2D eigenvalue weighted by Gasteiger charge is -2.22. The molecule has 0 bridgehead atoms. The van der Waals surface area contributed by atoms with Crippen molar-refractivity contribution >= 4 is 5.97 Å². The normalized spacial score (nSPS) is 12.9. The SMILES string of the molecule is CC(C)(C)CCNCC(C)(C)C(=O)O. The van der Waals surface area contributed by atoms with Gasteiger partial charge in [-0.15, -0.1) is 0 Å². The van der Waals surface area contributed by atoms with Gasteiger partial charge in [0.05, 0.1) is 5.41 Å². The standard InChI is InChI=1S/C11H23NO2/c1-10(2,3)6-7-12-8-11(4,5)9(13)14/h12H,6-8H2,1-5H3,(H,13,14). The Labute approximate surface area is 86.9 Å². The van der Waals surface area contributed by atoms with Crippen molar-refractivity contribution in [1.29, 1.82) is 0 Å². The van der Waals surface area contributed by atoms with Gasteiger partial charge in [-0.2, -0.15) is 0 Å². The van der Waals surface area contributed by atoms with E-state index in [1.54, 1.807) is 13.8 Å². The molecule has 0 radical (unpaired) electrons. The number of carbonyl (C=O) groups is 1. The van der Waals surface area contributed by atoms with Crippen molar-refractivity contribution in [2.45, 2.75) is 41.0 Å². The lowest BCUT2D eigenvalue weighted by atomic mass is 9.91. The molecule has 0 atom stereocenters. The zero-order chi connectivity index (χ0) is 11.4. The molecule has 84 valence electrons. The highest BCUT2D eigenvalue weighted by Gasteiger charge is 2.26. The van der Waals surface area contributed by atoms with Crippen LogP contribution in [0.1, 0.15) is 41.0 Å². The molecule has 0 aromatic carbocycles. The van der Waals surface area contributed by atoms with Crippen molar-refractivity contribution in [3.63, 3.8) is 0 Å². The Kier molecular flexibility index (Phi) is 4.59. The summed E-state index contributed by atoms with van der Waals surface area (Å²) >= 11 is 0. The molecule has 0 rings (SSSR count). The quantitative estimate of drug-likeness (QED) is 0.670. The maximum atomic E-state index is 10.8. The molecule has 0 aromatic rings. The molecule has 14 heavy (non-hydrogen) atoms. The van der Waals surface area contributed by atoms with Crippen molar-refractivity contribution < 1.29 is 9.90 Å². The summed E-state index contributed by atoms with van der Waals surface area (Å²) in [7, 11) is 0. The summed E-state index contributed by atoms with van der Waals surface area (Å²) < 4.78 is 0. The van der Waals surface area contributed by atoms with E-state index in [1.807, 2.05) is 0 Å². The van der Waals surface area contributed by atoms with Crippen LogP contribution in [0.2, 0.25) is 0 Å². The van der Waals surface area contributed by atoms with Gasteiger partial charge in [-0.25, -0.2) is 0 Å². The maximum Gasteiger partial charge on any atom is 0.310 e. The fourth-order valence-corrected chi connectivity index (χ4v) is 0.940. The molecule has 3 nitrogen and oxygen atoms in total. The second-order valence-electron chi connectivity index (χ2n) is 5.68. The predicted molar refractivity (Wildman–Crippen MR) is 58.4 cm³/mol. The molecule has 0 aliphatic carbocycles. The minimum absolute atomic E-state index is 0.306. The summed E-state index contributed by atoms with van der Waals surface area (Å²) in [6, 6.07) is 0. The first-order valence-corrected chi connectivity index (χ1v) is 5.09. The van der Waals surface area contributed by atoms with Gasteiger partial charge in [0.15, 0.2) is 0 Å². The Balaban J connectivity index is 3.70. The van der Waals surface area contributed by atoms with Gasteiger partial charge in [0, 0.05) is 6.54 Å². The molecular formula is C11H23NO2. The zero-order valence-electron chi connectivity index (χ0n) is 9.98. The summed E-state index contributed by atoms with van der Waals surface area (Å²) in [5, 5.41) is 12.0. The van der Waals surface area contributed by atoms with Gasteiger partial charge in [0.1, 0.15) is 0 Å². The lowest BCUT2D eigenvalue weighted by Crippen LogP contribution is -2.37. The number of aliphatic carboxylic acids is 1. The number of nitrogens with one attached hydrogen (secondary N) is 1. The van der Waals surface area contributed by atoms with Crippen molar-refractivity contribution in [2.24, 2.45) is 10.8 Å². The summed E-state index contributed by atoms with van der Waals surface area (Å²) in [6.07, 6.45) is 1.06. The first kappa shape index (κ1) is 13.4. The molecule has 2 N–H and O–H groups in total. The van der Waals surface area contributed by atoms with Gasteiger partial charge in [-0.1, -0.05) is 20.8 Å². The topological polar surface area (TPSA) is 49.3 Å². The highest BCUT2D eigenvalue weighted by Crippen LogP contribution is 2.18. The molecule has 0 aliphatic rings. The van der Waals surface area contributed by atoms with Crippen molar-refractivity contribution in [3.8, 4) is 0 Å². The summed E-state index contributed by atoms with van der Waals surface area (Å²) in [5.74, 6) is -0.749. The zero-order valence-corrected chi connectivity index (χ0v) is 9.98. The molecule has 0 saturated carbocycles. The minimum Gasteiger partial charge on any atom is -0.481 e. The van der Waals surface area contributed by atoms with Crippen LogP contribution in [0.3, 0.4) is 0 Å². The fourth-order valence-electron chi connectivity index (χ4n) is 0.940. The minimum atomic E-state index is -0.749. The van der Waals surface area contributed by atoms with E-state index >= 15 is 0 Å². The van der Waals surface area contributed by atoms with E-state index in [4.69, 9.17) is 5.11 Å². The monoisotopic (exact) mass is 201 g/mol. The highest BCUT2D eigenvalue weighted by atomic mass is 16.4. The van der Waals surface area contributed by atoms with Gasteiger partial charge < -0.3 is 10.4 Å². The smallest absolute Gasteiger partial charge is 0.310 e. The molecule has 3 heteroatoms. The molecule has 0 aliphatic heterocycles. The van der Waals surface area contributed by atoms with E-state index in [1.165, 1.54) is 0 Å². The van der Waals surface area contributed by atoms with Gasteiger partial charge in [-0.3, -0.25) is 4.79 Å². The molecule has 0 heterocycles. The van der Waals surface area contributed by atoms with Crippen molar-refractivity contribution in [3.05, 3.63) is 0 Å². The number of hydrogen-bond donors (Lipinski definition) is 2. The molecule has 0 saturated heterocycles. The number of rotatable bonds is 5. The molecule has 0 spiro atoms. The molecular weight excluding hydrogens is 178 g/mol. The first-order chi connectivity index (χ1) is 6.15. The Bertz CT molecular complexity index is 192. The highest BCUT2D eigenvalue weighted by molar-refractivity contribution is 5.73. The average Bonchev–Trinajstić information content (AvgIpc) is 1.96. The van der Waals surface area contributed by atoms with E-state index in [2.05, 4.69) is 26.1 Å². The summed E-state index contributed by atoms with van der Waals surface area (Å²) in [4.78, 5) is 10.8. The summed E-state index contributed by atoms with van der Waals surface area (Å²) in [5.41, 5.74) is -0.363. The van der Waals surface area contributed by atoms with E-state index in [9.17, 15) is 4.79 Å². The van der Waals surface area contributed by atoms with Crippen LogP contribution >= 0.6 is 0 Å². The van der Waals surface area contributed by atoms with Gasteiger partial charge in [-0.05, 0) is 32.2 Å². The Hall–Kier alpha value is -0.570. The van der Waals surface area contributed by atoms with Gasteiger partial charge in [0.25, 0.3) is 0 Å². The Morgan fingerprint density at radius 2 is 1.71 bits per heavy atom. The number of carboxylic acid groups (broad SMARTS) is 1. The number of hydrogen-bond acceptors (Lipinski definition) is 2. The van der Waals surface area contributed by atoms with Crippen LogP contribution < -0.4 is 5.32 Å². The third-order valence-electron chi connectivity index (χ3n) is 2.20. The van der Waals surface area contributed by atoms with Crippen LogP contribution in [0.15, 0.2) is 0 Å². The van der Waals surface area contributed by atoms with Crippen molar-refractivity contribution in [1.82, 2.24) is 5.32 Å². The first-order valence-electron chi connectivity index (χ1n) is 5.09. The van der Waals surface area contributed by atoms with Gasteiger partial charge >= 0.3 is 5.97 Å². The van der Waals surface area contributed by atoms with Crippen LogP contribution in [-0.2, 0) is 4.79 Å². The largest absolute Gasteiger partial charge is 0.481 e. The third kappa shape index (κ3) is 5.97. The van der Waals surface area contributed by atoms with E-state index in [-0.39, 0.29) is 0 Å². The predicted octanol–water partition coefficient (Wildman–Crippen LogP) is 2.12. The Morgan fingerprint density at radius 3 is 2.07 bits per heavy atom. The average molecular weight is 201 g/mol. The Morgan fingerprint density at radius 1 is 1.21 bits per heavy atom. The maximum absolute atomic E-state index is 10.8. The van der Waals surface area contributed by atoms with E-state index in [0.717, 1.165) is 13.0 Å². The fraction of sp³-hybridized carbons (Fsp3) is 0.909.